The van der Waals surface area contributed by atoms with Crippen LogP contribution < -0.4 is 11.1 Å². The van der Waals surface area contributed by atoms with Gasteiger partial charge in [0, 0.05) is 12.7 Å². The Labute approximate surface area is 108 Å². The standard InChI is InChI=1S/C9H10Cl2N6/c10-6-5-7(11)9(15-8(6)12)13-1-3-17-4-2-14-16-17/h2,4-5H,1,3H2,(H3,12,13,15). The summed E-state index contributed by atoms with van der Waals surface area (Å²) in [6, 6.07) is 1.56. The number of pyridine rings is 1. The lowest BCUT2D eigenvalue weighted by atomic mass is 10.4. The van der Waals surface area contributed by atoms with Crippen molar-refractivity contribution in [3.8, 4) is 0 Å². The lowest BCUT2D eigenvalue weighted by Gasteiger charge is -2.08. The zero-order valence-corrected chi connectivity index (χ0v) is 10.3. The van der Waals surface area contributed by atoms with E-state index in [4.69, 9.17) is 28.9 Å². The second kappa shape index (κ2) is 5.20. The van der Waals surface area contributed by atoms with Crippen LogP contribution in [0.3, 0.4) is 0 Å². The molecule has 0 aliphatic heterocycles. The number of halogens is 2. The zero-order valence-electron chi connectivity index (χ0n) is 8.77. The van der Waals surface area contributed by atoms with Gasteiger partial charge in [-0.05, 0) is 6.07 Å². The number of nitrogen functional groups attached to an aromatic ring is 1. The fourth-order valence-corrected chi connectivity index (χ4v) is 1.67. The first kappa shape index (κ1) is 11.9. The third kappa shape index (κ3) is 2.98. The van der Waals surface area contributed by atoms with Crippen molar-refractivity contribution in [3.05, 3.63) is 28.5 Å². The van der Waals surface area contributed by atoms with Gasteiger partial charge in [0.15, 0.2) is 0 Å². The Kier molecular flexibility index (Phi) is 3.65. The fraction of sp³-hybridized carbons (Fsp3) is 0.222. The predicted octanol–water partition coefficient (Wildman–Crippen LogP) is 1.67. The molecule has 0 bridgehead atoms. The number of nitrogens with zero attached hydrogens (tertiary/aromatic N) is 4. The highest BCUT2D eigenvalue weighted by molar-refractivity contribution is 6.37. The van der Waals surface area contributed by atoms with Crippen molar-refractivity contribution >= 4 is 34.8 Å². The van der Waals surface area contributed by atoms with Crippen molar-refractivity contribution in [1.82, 2.24) is 20.0 Å². The van der Waals surface area contributed by atoms with Gasteiger partial charge in [-0.3, -0.25) is 4.68 Å². The molecule has 2 rings (SSSR count). The minimum Gasteiger partial charge on any atom is -0.382 e. The summed E-state index contributed by atoms with van der Waals surface area (Å²) in [7, 11) is 0. The molecule has 6 nitrogen and oxygen atoms in total. The molecule has 17 heavy (non-hydrogen) atoms. The number of aromatic nitrogens is 4. The Bertz CT molecular complexity index is 498. The molecule has 0 saturated carbocycles. The van der Waals surface area contributed by atoms with Gasteiger partial charge in [0.2, 0.25) is 0 Å². The average Bonchev–Trinajstić information content (AvgIpc) is 2.78. The van der Waals surface area contributed by atoms with E-state index in [-0.39, 0.29) is 5.82 Å². The van der Waals surface area contributed by atoms with E-state index < -0.39 is 0 Å². The highest BCUT2D eigenvalue weighted by Crippen LogP contribution is 2.27. The van der Waals surface area contributed by atoms with Gasteiger partial charge in [-0.2, -0.15) is 0 Å². The van der Waals surface area contributed by atoms with Crippen LogP contribution in [0.5, 0.6) is 0 Å². The van der Waals surface area contributed by atoms with Crippen molar-refractivity contribution in [3.63, 3.8) is 0 Å². The van der Waals surface area contributed by atoms with Crippen LogP contribution in [0.15, 0.2) is 18.5 Å². The largest absolute Gasteiger partial charge is 0.382 e. The number of hydrogen-bond donors (Lipinski definition) is 2. The summed E-state index contributed by atoms with van der Waals surface area (Å²) in [4.78, 5) is 4.05. The van der Waals surface area contributed by atoms with Gasteiger partial charge >= 0.3 is 0 Å². The van der Waals surface area contributed by atoms with Gasteiger partial charge in [-0.15, -0.1) is 5.10 Å². The highest BCUT2D eigenvalue weighted by atomic mass is 35.5. The first-order valence-electron chi connectivity index (χ1n) is 4.86. The first-order chi connectivity index (χ1) is 8.16. The van der Waals surface area contributed by atoms with Gasteiger partial charge < -0.3 is 11.1 Å². The third-order valence-corrected chi connectivity index (χ3v) is 2.65. The van der Waals surface area contributed by atoms with E-state index in [1.54, 1.807) is 23.1 Å². The first-order valence-corrected chi connectivity index (χ1v) is 5.62. The van der Waals surface area contributed by atoms with Crippen molar-refractivity contribution in [2.75, 3.05) is 17.6 Å². The van der Waals surface area contributed by atoms with Crippen LogP contribution in [0.1, 0.15) is 0 Å². The van der Waals surface area contributed by atoms with Crippen LogP contribution in [0, 0.1) is 0 Å². The smallest absolute Gasteiger partial charge is 0.147 e. The lowest BCUT2D eigenvalue weighted by molar-refractivity contribution is 0.608. The molecule has 0 atom stereocenters. The van der Waals surface area contributed by atoms with Crippen LogP contribution >= 0.6 is 23.2 Å². The maximum absolute atomic E-state index is 5.96. The van der Waals surface area contributed by atoms with Crippen LogP contribution in [0.25, 0.3) is 0 Å². The van der Waals surface area contributed by atoms with Crippen molar-refractivity contribution < 1.29 is 0 Å². The van der Waals surface area contributed by atoms with Crippen LogP contribution in [0.4, 0.5) is 11.6 Å². The lowest BCUT2D eigenvalue weighted by Crippen LogP contribution is -2.12. The SMILES string of the molecule is Nc1nc(NCCn2ccnn2)c(Cl)cc1Cl. The summed E-state index contributed by atoms with van der Waals surface area (Å²) in [5.41, 5.74) is 5.59. The van der Waals surface area contributed by atoms with Gasteiger partial charge in [-0.1, -0.05) is 28.4 Å². The minimum atomic E-state index is 0.249. The predicted molar refractivity (Wildman–Crippen MR) is 67.2 cm³/mol. The van der Waals surface area contributed by atoms with Gasteiger partial charge in [-0.25, -0.2) is 4.98 Å². The van der Waals surface area contributed by atoms with Crippen LogP contribution in [0.2, 0.25) is 10.0 Å². The Morgan fingerprint density at radius 2 is 2.18 bits per heavy atom. The summed E-state index contributed by atoms with van der Waals surface area (Å²) in [6.07, 6.45) is 3.39. The van der Waals surface area contributed by atoms with E-state index >= 15 is 0 Å². The van der Waals surface area contributed by atoms with E-state index in [1.807, 2.05) is 0 Å². The molecule has 3 N–H and O–H groups in total. The monoisotopic (exact) mass is 272 g/mol. The fourth-order valence-electron chi connectivity index (χ4n) is 1.25. The molecule has 90 valence electrons. The maximum Gasteiger partial charge on any atom is 0.147 e. The minimum absolute atomic E-state index is 0.249. The number of nitrogens with one attached hydrogen (secondary N) is 1. The summed E-state index contributed by atoms with van der Waals surface area (Å²) >= 11 is 11.7. The second-order valence-electron chi connectivity index (χ2n) is 3.28. The number of rotatable bonds is 4. The number of hydrogen-bond acceptors (Lipinski definition) is 5. The molecule has 0 saturated heterocycles. The zero-order chi connectivity index (χ0) is 12.3. The summed E-state index contributed by atoms with van der Waals surface area (Å²) in [5, 5.41) is 11.4. The number of anilines is 2. The van der Waals surface area contributed by atoms with E-state index in [1.165, 1.54) is 0 Å². The topological polar surface area (TPSA) is 81.6 Å². The molecule has 0 unspecified atom stereocenters. The van der Waals surface area contributed by atoms with Crippen LogP contribution in [-0.4, -0.2) is 26.5 Å². The molecule has 2 aromatic heterocycles. The van der Waals surface area contributed by atoms with Crippen molar-refractivity contribution in [1.29, 1.82) is 0 Å². The van der Waals surface area contributed by atoms with E-state index in [0.717, 1.165) is 0 Å². The molecule has 0 aliphatic carbocycles. The molecule has 0 spiro atoms. The highest BCUT2D eigenvalue weighted by Gasteiger charge is 2.06. The van der Waals surface area contributed by atoms with Crippen molar-refractivity contribution in [2.45, 2.75) is 6.54 Å². The summed E-state index contributed by atoms with van der Waals surface area (Å²) in [6.45, 7) is 1.26. The molecule has 2 heterocycles. The van der Waals surface area contributed by atoms with E-state index in [9.17, 15) is 0 Å². The third-order valence-electron chi connectivity index (χ3n) is 2.06. The molecule has 2 aromatic rings. The Balaban J connectivity index is 1.97. The quantitative estimate of drug-likeness (QED) is 0.885. The van der Waals surface area contributed by atoms with Crippen molar-refractivity contribution in [2.24, 2.45) is 0 Å². The summed E-state index contributed by atoms with van der Waals surface area (Å²) < 4.78 is 1.69. The molecular weight excluding hydrogens is 263 g/mol. The molecule has 0 amide bonds. The molecule has 0 aromatic carbocycles. The molecule has 0 aliphatic rings. The molecule has 8 heteroatoms. The normalized spacial score (nSPS) is 10.5. The molecule has 0 radical (unpaired) electrons. The molecule has 0 fully saturated rings. The van der Waals surface area contributed by atoms with Gasteiger partial charge in [0.1, 0.15) is 11.6 Å². The Morgan fingerprint density at radius 1 is 1.35 bits per heavy atom. The van der Waals surface area contributed by atoms with E-state index in [0.29, 0.717) is 29.0 Å². The Hall–Kier alpha value is -1.53. The van der Waals surface area contributed by atoms with E-state index in [2.05, 4.69) is 20.6 Å². The average molecular weight is 273 g/mol. The molecular formula is C9H10Cl2N6. The van der Waals surface area contributed by atoms with Gasteiger partial charge in [0.25, 0.3) is 0 Å². The summed E-state index contributed by atoms with van der Waals surface area (Å²) in [5.74, 6) is 0.757. The van der Waals surface area contributed by atoms with Crippen LogP contribution in [-0.2, 0) is 6.54 Å². The second-order valence-corrected chi connectivity index (χ2v) is 4.09. The Morgan fingerprint density at radius 3 is 2.88 bits per heavy atom. The number of nitrogens with two attached hydrogens (primary N) is 1. The maximum atomic E-state index is 5.96. The van der Waals surface area contributed by atoms with Gasteiger partial charge in [0.05, 0.1) is 22.8 Å².